The molecular formula is C57H35N3O. The molecule has 284 valence electrons. The van der Waals surface area contributed by atoms with E-state index >= 15 is 0 Å². The van der Waals surface area contributed by atoms with Gasteiger partial charge >= 0.3 is 0 Å². The Hall–Kier alpha value is -8.21. The predicted octanol–water partition coefficient (Wildman–Crippen LogP) is 15.2. The van der Waals surface area contributed by atoms with E-state index in [2.05, 4.69) is 182 Å². The highest BCUT2D eigenvalue weighted by Gasteiger charge is 2.22. The van der Waals surface area contributed by atoms with Crippen LogP contribution in [0.3, 0.4) is 0 Å². The minimum absolute atomic E-state index is 0.681. The summed E-state index contributed by atoms with van der Waals surface area (Å²) in [5.41, 5.74) is 13.6. The van der Waals surface area contributed by atoms with Crippen molar-refractivity contribution in [2.24, 2.45) is 0 Å². The third kappa shape index (κ3) is 5.96. The van der Waals surface area contributed by atoms with Crippen LogP contribution in [0.25, 0.3) is 122 Å². The van der Waals surface area contributed by atoms with Crippen LogP contribution in [0.1, 0.15) is 0 Å². The summed E-state index contributed by atoms with van der Waals surface area (Å²) in [6.45, 7) is 0. The number of rotatable bonds is 6. The van der Waals surface area contributed by atoms with Gasteiger partial charge in [-0.2, -0.15) is 0 Å². The molecule has 3 aromatic heterocycles. The van der Waals surface area contributed by atoms with Crippen LogP contribution in [0.15, 0.2) is 217 Å². The number of fused-ring (bicyclic) bond motifs is 8. The summed E-state index contributed by atoms with van der Waals surface area (Å²) < 4.78 is 6.85. The van der Waals surface area contributed by atoms with Crippen LogP contribution in [-0.2, 0) is 0 Å². The average Bonchev–Trinajstić information content (AvgIpc) is 3.74. The second kappa shape index (κ2) is 14.3. The number of benzene rings is 9. The molecule has 12 rings (SSSR count). The number of para-hydroxylation sites is 1. The van der Waals surface area contributed by atoms with Gasteiger partial charge in [-0.15, -0.1) is 0 Å². The zero-order chi connectivity index (χ0) is 40.3. The lowest BCUT2D eigenvalue weighted by Crippen LogP contribution is -1.96. The third-order valence-electron chi connectivity index (χ3n) is 11.9. The number of nitrogens with zero attached hydrogens (tertiary/aromatic N) is 3. The lowest BCUT2D eigenvalue weighted by Gasteiger charge is -2.14. The van der Waals surface area contributed by atoms with Gasteiger partial charge < -0.3 is 4.42 Å². The summed E-state index contributed by atoms with van der Waals surface area (Å²) >= 11 is 0. The Balaban J connectivity index is 1.05. The van der Waals surface area contributed by atoms with Gasteiger partial charge in [-0.05, 0) is 74.1 Å². The number of hydrogen-bond acceptors (Lipinski definition) is 4. The van der Waals surface area contributed by atoms with Gasteiger partial charge in [0.05, 0.1) is 16.9 Å². The number of furan rings is 1. The van der Waals surface area contributed by atoms with E-state index in [1.54, 1.807) is 0 Å². The van der Waals surface area contributed by atoms with Crippen LogP contribution in [0.2, 0.25) is 0 Å². The largest absolute Gasteiger partial charge is 0.454 e. The molecule has 0 unspecified atom stereocenters. The molecule has 9 aromatic carbocycles. The minimum Gasteiger partial charge on any atom is -0.454 e. The number of aromatic nitrogens is 3. The Kier molecular flexibility index (Phi) is 8.13. The Morgan fingerprint density at radius 3 is 1.72 bits per heavy atom. The molecule has 0 radical (unpaired) electrons. The fourth-order valence-corrected chi connectivity index (χ4v) is 8.97. The highest BCUT2D eigenvalue weighted by Crippen LogP contribution is 2.45. The van der Waals surface area contributed by atoms with Crippen molar-refractivity contribution in [3.8, 4) is 67.4 Å². The monoisotopic (exact) mass is 777 g/mol. The molecule has 0 aliphatic carbocycles. The molecule has 0 aliphatic rings. The normalized spacial score (nSPS) is 11.6. The van der Waals surface area contributed by atoms with Gasteiger partial charge in [0.15, 0.2) is 11.4 Å². The van der Waals surface area contributed by atoms with Crippen LogP contribution >= 0.6 is 0 Å². The maximum Gasteiger partial charge on any atom is 0.162 e. The second-order valence-electron chi connectivity index (χ2n) is 15.5. The van der Waals surface area contributed by atoms with E-state index in [0.29, 0.717) is 5.82 Å². The van der Waals surface area contributed by atoms with Gasteiger partial charge in [-0.1, -0.05) is 182 Å². The van der Waals surface area contributed by atoms with Gasteiger partial charge in [0.1, 0.15) is 11.3 Å². The summed E-state index contributed by atoms with van der Waals surface area (Å²) in [7, 11) is 0. The van der Waals surface area contributed by atoms with Gasteiger partial charge in [-0.25, -0.2) is 15.0 Å². The first-order valence-corrected chi connectivity index (χ1v) is 20.6. The maximum atomic E-state index is 6.85. The van der Waals surface area contributed by atoms with Gasteiger partial charge in [-0.3, -0.25) is 0 Å². The van der Waals surface area contributed by atoms with Crippen molar-refractivity contribution in [2.75, 3.05) is 0 Å². The number of pyridine rings is 1. The molecular weight excluding hydrogens is 743 g/mol. The average molecular weight is 778 g/mol. The van der Waals surface area contributed by atoms with E-state index in [-0.39, 0.29) is 0 Å². The fourth-order valence-electron chi connectivity index (χ4n) is 8.97. The second-order valence-corrected chi connectivity index (χ2v) is 15.5. The summed E-state index contributed by atoms with van der Waals surface area (Å²) in [5, 5.41) is 7.90. The lowest BCUT2D eigenvalue weighted by atomic mass is 9.92. The molecule has 0 saturated carbocycles. The number of hydrogen-bond donors (Lipinski definition) is 0. The topological polar surface area (TPSA) is 51.8 Å². The van der Waals surface area contributed by atoms with E-state index in [4.69, 9.17) is 19.4 Å². The van der Waals surface area contributed by atoms with Crippen molar-refractivity contribution >= 4 is 54.4 Å². The van der Waals surface area contributed by atoms with Crippen LogP contribution in [0.5, 0.6) is 0 Å². The molecule has 4 heteroatoms. The Labute approximate surface area is 352 Å². The van der Waals surface area contributed by atoms with E-state index < -0.39 is 0 Å². The molecule has 61 heavy (non-hydrogen) atoms. The molecule has 0 spiro atoms. The van der Waals surface area contributed by atoms with Crippen molar-refractivity contribution < 1.29 is 4.42 Å². The van der Waals surface area contributed by atoms with E-state index in [0.717, 1.165) is 94.3 Å². The summed E-state index contributed by atoms with van der Waals surface area (Å²) in [6, 6.07) is 74.3. The Bertz CT molecular complexity index is 3630. The third-order valence-corrected chi connectivity index (χ3v) is 11.9. The maximum absolute atomic E-state index is 6.85. The first-order chi connectivity index (χ1) is 30.2. The SMILES string of the molecule is c1ccc(-c2ccc(-c3cc(-c4cccc(-c5cccc6nc(-c7cc8ccccc8c8ccccc78)c7oc8ccccc8c7c56)c4)nc(-c4ccccc4)n3)cc2)cc1. The quantitative estimate of drug-likeness (QED) is 0.158. The Morgan fingerprint density at radius 1 is 0.328 bits per heavy atom. The van der Waals surface area contributed by atoms with Crippen LogP contribution in [0, 0.1) is 0 Å². The zero-order valence-corrected chi connectivity index (χ0v) is 33.0. The van der Waals surface area contributed by atoms with Crippen molar-refractivity contribution in [1.29, 1.82) is 0 Å². The van der Waals surface area contributed by atoms with E-state index in [1.807, 2.05) is 30.3 Å². The molecule has 0 atom stereocenters. The van der Waals surface area contributed by atoms with Crippen LogP contribution in [0.4, 0.5) is 0 Å². The molecule has 0 amide bonds. The van der Waals surface area contributed by atoms with E-state index in [9.17, 15) is 0 Å². The molecule has 3 heterocycles. The molecule has 0 bridgehead atoms. The summed E-state index contributed by atoms with van der Waals surface area (Å²) in [5.74, 6) is 0.681. The van der Waals surface area contributed by atoms with Crippen LogP contribution < -0.4 is 0 Å². The van der Waals surface area contributed by atoms with Crippen molar-refractivity contribution in [1.82, 2.24) is 15.0 Å². The van der Waals surface area contributed by atoms with Crippen molar-refractivity contribution in [2.45, 2.75) is 0 Å². The van der Waals surface area contributed by atoms with Gasteiger partial charge in [0.25, 0.3) is 0 Å². The molecule has 0 fully saturated rings. The standard InChI is InChI=1S/C57H35N3O/c1-3-15-36(16-4-1)37-29-31-38(32-30-37)50-35-51(60-57(59-50)39-17-5-2-6-18-39)42-21-13-20-40(33-42)44-26-14-27-49-53(44)54-47-25-11-12-28-52(47)61-56(54)55(58-49)48-34-41-19-7-8-22-43(41)45-23-9-10-24-46(45)48/h1-35H. The molecule has 0 saturated heterocycles. The minimum atomic E-state index is 0.681. The summed E-state index contributed by atoms with van der Waals surface area (Å²) in [6.07, 6.45) is 0. The van der Waals surface area contributed by atoms with Gasteiger partial charge in [0.2, 0.25) is 0 Å². The highest BCUT2D eigenvalue weighted by molar-refractivity contribution is 6.26. The smallest absolute Gasteiger partial charge is 0.162 e. The first kappa shape index (κ1) is 34.8. The molecule has 4 nitrogen and oxygen atoms in total. The fraction of sp³-hybridized carbons (Fsp3) is 0. The molecule has 0 N–H and O–H groups in total. The van der Waals surface area contributed by atoms with Crippen molar-refractivity contribution in [3.63, 3.8) is 0 Å². The van der Waals surface area contributed by atoms with Gasteiger partial charge in [0, 0.05) is 38.4 Å². The first-order valence-electron chi connectivity index (χ1n) is 20.6. The predicted molar refractivity (Wildman–Crippen MR) is 252 cm³/mol. The molecule has 12 aromatic rings. The van der Waals surface area contributed by atoms with Crippen LogP contribution in [-0.4, -0.2) is 15.0 Å². The summed E-state index contributed by atoms with van der Waals surface area (Å²) in [4.78, 5) is 15.8. The van der Waals surface area contributed by atoms with E-state index in [1.165, 1.54) is 21.7 Å². The lowest BCUT2D eigenvalue weighted by molar-refractivity contribution is 0.669. The zero-order valence-electron chi connectivity index (χ0n) is 33.0. The highest BCUT2D eigenvalue weighted by atomic mass is 16.3. The Morgan fingerprint density at radius 2 is 0.918 bits per heavy atom. The molecule has 0 aliphatic heterocycles. The van der Waals surface area contributed by atoms with Crippen molar-refractivity contribution in [3.05, 3.63) is 212 Å².